The molecule has 0 aromatic carbocycles. The van der Waals surface area contributed by atoms with Crippen LogP contribution in [0.4, 0.5) is 0 Å². The Bertz CT molecular complexity index is 367. The molecule has 0 spiro atoms. The molecular formula is C12H19N3O3. The molecule has 0 fully saturated rings. The molecule has 0 unspecified atom stereocenters. The minimum absolute atomic E-state index is 0.00191. The number of aromatic nitrogens is 2. The first-order chi connectivity index (χ1) is 8.67. The Morgan fingerprint density at radius 2 is 2.11 bits per heavy atom. The Morgan fingerprint density at radius 3 is 2.67 bits per heavy atom. The highest BCUT2D eigenvalue weighted by Crippen LogP contribution is 2.05. The van der Waals surface area contributed by atoms with E-state index in [4.69, 9.17) is 9.84 Å². The molecule has 0 saturated heterocycles. The van der Waals surface area contributed by atoms with Gasteiger partial charge in [0.2, 0.25) is 5.91 Å². The van der Waals surface area contributed by atoms with Gasteiger partial charge in [-0.1, -0.05) is 0 Å². The van der Waals surface area contributed by atoms with Crippen LogP contribution in [-0.2, 0) is 11.2 Å². The summed E-state index contributed by atoms with van der Waals surface area (Å²) in [6, 6.07) is 0.352. The standard InChI is InChI=1S/C12H19N3O3/c1-3-18-12-13-8-10(9-14-12)4-5-11(17)15(2)6-7-16/h8-9,16H,3-7H2,1-2H3. The van der Waals surface area contributed by atoms with Crippen molar-refractivity contribution in [2.45, 2.75) is 19.8 Å². The van der Waals surface area contributed by atoms with Crippen LogP contribution < -0.4 is 4.74 Å². The molecule has 1 aromatic rings. The summed E-state index contributed by atoms with van der Waals surface area (Å²) in [4.78, 5) is 21.2. The Kier molecular flexibility index (Phi) is 6.07. The third kappa shape index (κ3) is 4.67. The largest absolute Gasteiger partial charge is 0.464 e. The second-order valence-electron chi connectivity index (χ2n) is 3.85. The molecule has 6 nitrogen and oxygen atoms in total. The molecule has 0 aliphatic heterocycles. The SMILES string of the molecule is CCOc1ncc(CCC(=O)N(C)CCO)cn1. The fourth-order valence-electron chi connectivity index (χ4n) is 1.39. The smallest absolute Gasteiger partial charge is 0.316 e. The van der Waals surface area contributed by atoms with Crippen LogP contribution in [0.5, 0.6) is 6.01 Å². The zero-order valence-corrected chi connectivity index (χ0v) is 10.8. The van der Waals surface area contributed by atoms with Gasteiger partial charge in [0.05, 0.1) is 13.2 Å². The summed E-state index contributed by atoms with van der Waals surface area (Å²) in [5.41, 5.74) is 0.893. The number of amides is 1. The Morgan fingerprint density at radius 1 is 1.44 bits per heavy atom. The van der Waals surface area contributed by atoms with E-state index < -0.39 is 0 Å². The molecule has 100 valence electrons. The quantitative estimate of drug-likeness (QED) is 0.754. The predicted molar refractivity (Wildman–Crippen MR) is 66.2 cm³/mol. The lowest BCUT2D eigenvalue weighted by Crippen LogP contribution is -2.29. The number of ether oxygens (including phenoxy) is 1. The molecule has 1 N–H and O–H groups in total. The number of carbonyl (C=O) groups is 1. The second kappa shape index (κ2) is 7.60. The van der Waals surface area contributed by atoms with E-state index in [2.05, 4.69) is 9.97 Å². The third-order valence-corrected chi connectivity index (χ3v) is 2.44. The van der Waals surface area contributed by atoms with Gasteiger partial charge in [-0.3, -0.25) is 4.79 Å². The van der Waals surface area contributed by atoms with Crippen molar-refractivity contribution in [3.63, 3.8) is 0 Å². The van der Waals surface area contributed by atoms with E-state index in [0.29, 0.717) is 32.0 Å². The van der Waals surface area contributed by atoms with Crippen molar-refractivity contribution >= 4 is 5.91 Å². The molecule has 1 rings (SSSR count). The highest BCUT2D eigenvalue weighted by Gasteiger charge is 2.08. The molecule has 6 heteroatoms. The minimum Gasteiger partial charge on any atom is -0.464 e. The number of hydrogen-bond donors (Lipinski definition) is 1. The van der Waals surface area contributed by atoms with Crippen LogP contribution in [0.1, 0.15) is 18.9 Å². The summed E-state index contributed by atoms with van der Waals surface area (Å²) < 4.78 is 5.13. The number of likely N-dealkylation sites (N-methyl/N-ethyl adjacent to an activating group) is 1. The van der Waals surface area contributed by atoms with E-state index in [0.717, 1.165) is 5.56 Å². The molecule has 0 aliphatic rings. The van der Waals surface area contributed by atoms with Gasteiger partial charge in [0.1, 0.15) is 0 Å². The molecule has 0 bridgehead atoms. The lowest BCUT2D eigenvalue weighted by atomic mass is 10.2. The first-order valence-corrected chi connectivity index (χ1v) is 5.96. The van der Waals surface area contributed by atoms with Crippen LogP contribution in [-0.4, -0.2) is 52.7 Å². The lowest BCUT2D eigenvalue weighted by molar-refractivity contribution is -0.130. The van der Waals surface area contributed by atoms with Gasteiger partial charge in [0, 0.05) is 32.4 Å². The summed E-state index contributed by atoms with van der Waals surface area (Å²) in [5, 5.41) is 8.72. The van der Waals surface area contributed by atoms with Gasteiger partial charge in [0.15, 0.2) is 0 Å². The summed E-state index contributed by atoms with van der Waals surface area (Å²) in [6.07, 6.45) is 4.30. The highest BCUT2D eigenvalue weighted by molar-refractivity contribution is 5.76. The number of carbonyl (C=O) groups excluding carboxylic acids is 1. The van der Waals surface area contributed by atoms with E-state index >= 15 is 0 Å². The van der Waals surface area contributed by atoms with Crippen molar-refractivity contribution in [2.75, 3.05) is 26.8 Å². The number of aliphatic hydroxyl groups excluding tert-OH is 1. The third-order valence-electron chi connectivity index (χ3n) is 2.44. The van der Waals surface area contributed by atoms with Crippen molar-refractivity contribution in [3.8, 4) is 6.01 Å². The number of aliphatic hydroxyl groups is 1. The van der Waals surface area contributed by atoms with Crippen molar-refractivity contribution in [3.05, 3.63) is 18.0 Å². The van der Waals surface area contributed by atoms with E-state index in [1.54, 1.807) is 19.4 Å². The fraction of sp³-hybridized carbons (Fsp3) is 0.583. The predicted octanol–water partition coefficient (Wildman–Crippen LogP) is 0.259. The van der Waals surface area contributed by atoms with Crippen LogP contribution in [0.2, 0.25) is 0 Å². The van der Waals surface area contributed by atoms with E-state index in [1.165, 1.54) is 4.90 Å². The summed E-state index contributed by atoms with van der Waals surface area (Å²) >= 11 is 0. The Hall–Kier alpha value is -1.69. The van der Waals surface area contributed by atoms with Crippen molar-refractivity contribution in [2.24, 2.45) is 0 Å². The van der Waals surface area contributed by atoms with Gasteiger partial charge in [-0.25, -0.2) is 9.97 Å². The molecule has 18 heavy (non-hydrogen) atoms. The zero-order chi connectivity index (χ0) is 13.4. The van der Waals surface area contributed by atoms with Crippen molar-refractivity contribution in [1.82, 2.24) is 14.9 Å². The Balaban J connectivity index is 2.41. The fourth-order valence-corrected chi connectivity index (χ4v) is 1.39. The van der Waals surface area contributed by atoms with Crippen LogP contribution >= 0.6 is 0 Å². The first kappa shape index (κ1) is 14.4. The Labute approximate surface area is 107 Å². The van der Waals surface area contributed by atoms with E-state index in [-0.39, 0.29) is 12.5 Å². The summed E-state index contributed by atoms with van der Waals surface area (Å²) in [5.74, 6) is -0.00191. The van der Waals surface area contributed by atoms with Crippen LogP contribution in [0.15, 0.2) is 12.4 Å². The minimum atomic E-state index is -0.0194. The molecule has 0 radical (unpaired) electrons. The van der Waals surface area contributed by atoms with Gasteiger partial charge >= 0.3 is 6.01 Å². The number of hydrogen-bond acceptors (Lipinski definition) is 5. The average Bonchev–Trinajstić information content (AvgIpc) is 2.38. The average molecular weight is 253 g/mol. The summed E-state index contributed by atoms with van der Waals surface area (Å²) in [6.45, 7) is 2.74. The monoisotopic (exact) mass is 253 g/mol. The first-order valence-electron chi connectivity index (χ1n) is 5.96. The number of rotatable bonds is 7. The molecule has 1 heterocycles. The van der Waals surface area contributed by atoms with Crippen LogP contribution in [0, 0.1) is 0 Å². The van der Waals surface area contributed by atoms with E-state index in [9.17, 15) is 4.79 Å². The molecule has 0 aliphatic carbocycles. The number of nitrogens with zero attached hydrogens (tertiary/aromatic N) is 3. The second-order valence-corrected chi connectivity index (χ2v) is 3.85. The maximum atomic E-state index is 11.6. The molecule has 1 amide bonds. The van der Waals surface area contributed by atoms with Crippen LogP contribution in [0.25, 0.3) is 0 Å². The normalized spacial score (nSPS) is 10.2. The van der Waals surface area contributed by atoms with E-state index in [1.807, 2.05) is 6.92 Å². The van der Waals surface area contributed by atoms with Gasteiger partial charge < -0.3 is 14.7 Å². The van der Waals surface area contributed by atoms with Gasteiger partial charge in [-0.15, -0.1) is 0 Å². The lowest BCUT2D eigenvalue weighted by Gasteiger charge is -2.15. The molecule has 1 aromatic heterocycles. The molecule has 0 saturated carbocycles. The van der Waals surface area contributed by atoms with Gasteiger partial charge in [-0.2, -0.15) is 0 Å². The summed E-state index contributed by atoms with van der Waals surface area (Å²) in [7, 11) is 1.67. The van der Waals surface area contributed by atoms with Gasteiger partial charge in [-0.05, 0) is 18.9 Å². The number of aryl methyl sites for hydroxylation is 1. The molecular weight excluding hydrogens is 234 g/mol. The topological polar surface area (TPSA) is 75.5 Å². The van der Waals surface area contributed by atoms with Crippen LogP contribution in [0.3, 0.4) is 0 Å². The maximum absolute atomic E-state index is 11.6. The molecule has 0 atom stereocenters. The van der Waals surface area contributed by atoms with Gasteiger partial charge in [0.25, 0.3) is 0 Å². The van der Waals surface area contributed by atoms with Crippen molar-refractivity contribution < 1.29 is 14.6 Å². The zero-order valence-electron chi connectivity index (χ0n) is 10.8. The van der Waals surface area contributed by atoms with Crippen molar-refractivity contribution in [1.29, 1.82) is 0 Å². The highest BCUT2D eigenvalue weighted by atomic mass is 16.5. The maximum Gasteiger partial charge on any atom is 0.316 e.